The molecule has 0 fully saturated rings. The number of furan rings is 1. The van der Waals surface area contributed by atoms with Crippen LogP contribution in [0.15, 0.2) is 27.8 Å². The third kappa shape index (κ3) is 8.36. The molecular formula is C18H34N4O2. The van der Waals surface area contributed by atoms with Gasteiger partial charge in [0, 0.05) is 45.2 Å². The fraction of sp³-hybridized carbons (Fsp3) is 0.722. The van der Waals surface area contributed by atoms with E-state index in [0.717, 1.165) is 44.3 Å². The van der Waals surface area contributed by atoms with Crippen LogP contribution in [0.5, 0.6) is 0 Å². The van der Waals surface area contributed by atoms with Gasteiger partial charge in [0.25, 0.3) is 0 Å². The van der Waals surface area contributed by atoms with Gasteiger partial charge in [-0.3, -0.25) is 9.89 Å². The summed E-state index contributed by atoms with van der Waals surface area (Å²) in [7, 11) is 1.70. The molecule has 1 aromatic rings. The number of aliphatic imine (C=N–C) groups is 1. The minimum absolute atomic E-state index is 0.525. The van der Waals surface area contributed by atoms with Crippen molar-refractivity contribution in [3.8, 4) is 0 Å². The molecule has 1 aromatic heterocycles. The van der Waals surface area contributed by atoms with Gasteiger partial charge in [0.2, 0.25) is 0 Å². The van der Waals surface area contributed by atoms with E-state index in [1.807, 2.05) is 12.1 Å². The highest BCUT2D eigenvalue weighted by atomic mass is 16.5. The molecular weight excluding hydrogens is 304 g/mol. The van der Waals surface area contributed by atoms with Crippen LogP contribution in [0.4, 0.5) is 0 Å². The smallest absolute Gasteiger partial charge is 0.191 e. The van der Waals surface area contributed by atoms with E-state index in [4.69, 9.17) is 9.15 Å². The summed E-state index contributed by atoms with van der Waals surface area (Å²) in [5, 5.41) is 6.65. The second-order valence-electron chi connectivity index (χ2n) is 6.33. The summed E-state index contributed by atoms with van der Waals surface area (Å²) in [6.45, 7) is 12.8. The van der Waals surface area contributed by atoms with Gasteiger partial charge >= 0.3 is 0 Å². The van der Waals surface area contributed by atoms with E-state index in [0.29, 0.717) is 18.7 Å². The summed E-state index contributed by atoms with van der Waals surface area (Å²) in [5.74, 6) is 1.80. The summed E-state index contributed by atoms with van der Waals surface area (Å²) in [4.78, 5) is 7.13. The number of ether oxygens (including phenoxy) is 1. The van der Waals surface area contributed by atoms with E-state index in [1.165, 1.54) is 0 Å². The van der Waals surface area contributed by atoms with Gasteiger partial charge in [-0.25, -0.2) is 0 Å². The zero-order chi connectivity index (χ0) is 17.8. The Morgan fingerprint density at radius 1 is 1.21 bits per heavy atom. The summed E-state index contributed by atoms with van der Waals surface area (Å²) in [6.07, 6.45) is 2.54. The molecule has 0 aliphatic heterocycles. The van der Waals surface area contributed by atoms with Gasteiger partial charge in [-0.15, -0.1) is 0 Å². The molecule has 0 aliphatic carbocycles. The molecule has 24 heavy (non-hydrogen) atoms. The van der Waals surface area contributed by atoms with Gasteiger partial charge < -0.3 is 19.8 Å². The molecule has 0 saturated carbocycles. The number of guanidine groups is 1. The van der Waals surface area contributed by atoms with Crippen molar-refractivity contribution in [1.82, 2.24) is 15.5 Å². The molecule has 1 rings (SSSR count). The van der Waals surface area contributed by atoms with Crippen molar-refractivity contribution in [2.75, 3.05) is 39.9 Å². The van der Waals surface area contributed by atoms with Crippen LogP contribution in [-0.2, 0) is 11.2 Å². The molecule has 0 unspecified atom stereocenters. The fourth-order valence-electron chi connectivity index (χ4n) is 2.59. The Balaban J connectivity index is 2.46. The van der Waals surface area contributed by atoms with Crippen molar-refractivity contribution in [1.29, 1.82) is 0 Å². The Labute approximate surface area is 146 Å². The Kier molecular flexibility index (Phi) is 10.2. The molecule has 0 aromatic carbocycles. The molecule has 0 saturated heterocycles. The third-order valence-corrected chi connectivity index (χ3v) is 3.80. The van der Waals surface area contributed by atoms with E-state index in [9.17, 15) is 0 Å². The predicted octanol–water partition coefficient (Wildman–Crippen LogP) is 2.12. The van der Waals surface area contributed by atoms with Crippen molar-refractivity contribution in [3.63, 3.8) is 0 Å². The zero-order valence-corrected chi connectivity index (χ0v) is 15.8. The van der Waals surface area contributed by atoms with Crippen LogP contribution in [0.2, 0.25) is 0 Å². The quantitative estimate of drug-likeness (QED) is 0.368. The van der Waals surface area contributed by atoms with Crippen molar-refractivity contribution in [3.05, 3.63) is 24.2 Å². The third-order valence-electron chi connectivity index (χ3n) is 3.80. The Morgan fingerprint density at radius 3 is 2.50 bits per heavy atom. The largest absolute Gasteiger partial charge is 0.469 e. The Bertz CT molecular complexity index is 436. The van der Waals surface area contributed by atoms with Crippen LogP contribution in [-0.4, -0.2) is 62.8 Å². The predicted molar refractivity (Wildman–Crippen MR) is 99.6 cm³/mol. The average molecular weight is 338 g/mol. The molecule has 0 bridgehead atoms. The highest BCUT2D eigenvalue weighted by Gasteiger charge is 2.12. The van der Waals surface area contributed by atoms with Gasteiger partial charge in [-0.2, -0.15) is 0 Å². The molecule has 0 spiro atoms. The van der Waals surface area contributed by atoms with Crippen LogP contribution in [0.1, 0.15) is 33.5 Å². The van der Waals surface area contributed by atoms with Gasteiger partial charge in [0.05, 0.1) is 19.4 Å². The lowest BCUT2D eigenvalue weighted by Crippen LogP contribution is -2.42. The lowest BCUT2D eigenvalue weighted by molar-refractivity contribution is 0.181. The normalized spacial score (nSPS) is 12.4. The second-order valence-corrected chi connectivity index (χ2v) is 6.33. The van der Waals surface area contributed by atoms with Gasteiger partial charge in [-0.05, 0) is 39.8 Å². The van der Waals surface area contributed by atoms with E-state index in [-0.39, 0.29) is 0 Å². The van der Waals surface area contributed by atoms with Gasteiger partial charge in [-0.1, -0.05) is 0 Å². The van der Waals surface area contributed by atoms with E-state index in [2.05, 4.69) is 48.2 Å². The molecule has 0 amide bonds. The van der Waals surface area contributed by atoms with Crippen molar-refractivity contribution in [2.24, 2.45) is 4.99 Å². The molecule has 138 valence electrons. The molecule has 1 heterocycles. The van der Waals surface area contributed by atoms with Gasteiger partial charge in [0.15, 0.2) is 5.96 Å². The number of nitrogens with one attached hydrogen (secondary N) is 2. The van der Waals surface area contributed by atoms with Crippen LogP contribution < -0.4 is 10.6 Å². The fourth-order valence-corrected chi connectivity index (χ4v) is 2.59. The van der Waals surface area contributed by atoms with Crippen LogP contribution in [0, 0.1) is 0 Å². The standard InChI is InChI=1S/C18H34N4O2/c1-15(2)22(16(3)4)12-10-20-18(21-11-14-23-5)19-9-8-17-7-6-13-24-17/h6-7,13,15-16H,8-12,14H2,1-5H3,(H2,19,20,21). The topological polar surface area (TPSA) is 62.0 Å². The maximum Gasteiger partial charge on any atom is 0.191 e. The first kappa shape index (κ1) is 20.5. The minimum atomic E-state index is 0.525. The van der Waals surface area contributed by atoms with Crippen LogP contribution >= 0.6 is 0 Å². The van der Waals surface area contributed by atoms with E-state index < -0.39 is 0 Å². The molecule has 0 aliphatic rings. The minimum Gasteiger partial charge on any atom is -0.469 e. The molecule has 6 nitrogen and oxygen atoms in total. The molecule has 0 atom stereocenters. The highest BCUT2D eigenvalue weighted by Crippen LogP contribution is 2.04. The number of hydrogen-bond donors (Lipinski definition) is 2. The number of methoxy groups -OCH3 is 1. The first-order valence-electron chi connectivity index (χ1n) is 8.83. The van der Waals surface area contributed by atoms with Crippen molar-refractivity contribution < 1.29 is 9.15 Å². The first-order valence-corrected chi connectivity index (χ1v) is 8.83. The summed E-state index contributed by atoms with van der Waals surface area (Å²) in [6, 6.07) is 4.95. The molecule has 6 heteroatoms. The Hall–Kier alpha value is -1.53. The van der Waals surface area contributed by atoms with Crippen LogP contribution in [0.25, 0.3) is 0 Å². The lowest BCUT2D eigenvalue weighted by atomic mass is 10.2. The maximum absolute atomic E-state index is 5.35. The number of hydrogen-bond acceptors (Lipinski definition) is 4. The summed E-state index contributed by atoms with van der Waals surface area (Å²) in [5.41, 5.74) is 0. The Morgan fingerprint density at radius 2 is 1.92 bits per heavy atom. The average Bonchev–Trinajstić information content (AvgIpc) is 3.03. The highest BCUT2D eigenvalue weighted by molar-refractivity contribution is 5.79. The zero-order valence-electron chi connectivity index (χ0n) is 15.8. The number of rotatable bonds is 11. The summed E-state index contributed by atoms with van der Waals surface area (Å²) >= 11 is 0. The maximum atomic E-state index is 5.35. The SMILES string of the molecule is COCCNC(=NCCN(C(C)C)C(C)C)NCCc1ccco1. The molecule has 2 N–H and O–H groups in total. The summed E-state index contributed by atoms with van der Waals surface area (Å²) < 4.78 is 10.4. The second kappa shape index (κ2) is 11.9. The molecule has 0 radical (unpaired) electrons. The van der Waals surface area contributed by atoms with Crippen molar-refractivity contribution >= 4 is 5.96 Å². The first-order chi connectivity index (χ1) is 11.5. The number of nitrogens with zero attached hydrogens (tertiary/aromatic N) is 2. The van der Waals surface area contributed by atoms with Gasteiger partial charge in [0.1, 0.15) is 5.76 Å². The monoisotopic (exact) mass is 338 g/mol. The van der Waals surface area contributed by atoms with Crippen LogP contribution in [0.3, 0.4) is 0 Å². The van der Waals surface area contributed by atoms with Crippen molar-refractivity contribution in [2.45, 2.75) is 46.2 Å². The lowest BCUT2D eigenvalue weighted by Gasteiger charge is -2.29. The van der Waals surface area contributed by atoms with E-state index in [1.54, 1.807) is 13.4 Å². The van der Waals surface area contributed by atoms with E-state index >= 15 is 0 Å².